The second kappa shape index (κ2) is 5.48. The highest BCUT2D eigenvalue weighted by Gasteiger charge is 2.15. The molecule has 0 heterocycles. The third-order valence-corrected chi connectivity index (χ3v) is 4.01. The minimum atomic E-state index is 0.501. The number of anilines is 1. The molecular weight excluding hydrogens is 264 g/mol. The van der Waals surface area contributed by atoms with Gasteiger partial charge in [-0.2, -0.15) is 0 Å². The largest absolute Gasteiger partial charge is 0.381 e. The van der Waals surface area contributed by atoms with Crippen molar-refractivity contribution < 1.29 is 0 Å². The Bertz CT molecular complexity index is 373. The number of rotatable bonds is 2. The molecule has 1 saturated carbocycles. The van der Waals surface area contributed by atoms with Crippen LogP contribution in [-0.2, 0) is 0 Å². The molecule has 88 valence electrons. The zero-order valence-corrected chi connectivity index (χ0v) is 11.2. The highest BCUT2D eigenvalue weighted by atomic mass is 35.5. The summed E-state index contributed by atoms with van der Waals surface area (Å²) in [4.78, 5) is 0. The third-order valence-electron chi connectivity index (χ3n) is 2.97. The minimum Gasteiger partial charge on any atom is -0.381 e. The van der Waals surface area contributed by atoms with Crippen molar-refractivity contribution in [1.29, 1.82) is 0 Å². The Morgan fingerprint density at radius 2 is 1.50 bits per heavy atom. The maximum atomic E-state index is 6.12. The fourth-order valence-corrected chi connectivity index (χ4v) is 2.70. The molecule has 0 aliphatic heterocycles. The van der Waals surface area contributed by atoms with Gasteiger partial charge in [-0.15, -0.1) is 0 Å². The van der Waals surface area contributed by atoms with Crippen LogP contribution in [0.3, 0.4) is 0 Å². The van der Waals surface area contributed by atoms with Gasteiger partial charge in [-0.25, -0.2) is 0 Å². The van der Waals surface area contributed by atoms with Gasteiger partial charge in [0.1, 0.15) is 0 Å². The summed E-state index contributed by atoms with van der Waals surface area (Å²) in [5.74, 6) is 0. The average Bonchev–Trinajstić information content (AvgIpc) is 2.27. The molecule has 0 unspecified atom stereocenters. The van der Waals surface area contributed by atoms with Crippen LogP contribution in [0.25, 0.3) is 0 Å². The number of hydrogen-bond acceptors (Lipinski definition) is 1. The second-order valence-corrected chi connectivity index (χ2v) is 5.45. The van der Waals surface area contributed by atoms with E-state index in [1.165, 1.54) is 32.1 Å². The summed E-state index contributed by atoms with van der Waals surface area (Å²) >= 11 is 18.0. The van der Waals surface area contributed by atoms with Gasteiger partial charge in [-0.1, -0.05) is 54.1 Å². The Balaban J connectivity index is 2.11. The maximum absolute atomic E-state index is 6.12. The molecule has 16 heavy (non-hydrogen) atoms. The molecule has 0 aromatic heterocycles. The van der Waals surface area contributed by atoms with Crippen LogP contribution in [0.15, 0.2) is 12.1 Å². The summed E-state index contributed by atoms with van der Waals surface area (Å²) in [6, 6.07) is 4.01. The molecule has 1 fully saturated rings. The summed E-state index contributed by atoms with van der Waals surface area (Å²) in [6.45, 7) is 0. The normalized spacial score (nSPS) is 17.4. The van der Waals surface area contributed by atoms with E-state index >= 15 is 0 Å². The smallest absolute Gasteiger partial charge is 0.0653 e. The van der Waals surface area contributed by atoms with Crippen LogP contribution in [0, 0.1) is 0 Å². The summed E-state index contributed by atoms with van der Waals surface area (Å²) in [5.41, 5.74) is 0.892. The fourth-order valence-electron chi connectivity index (χ4n) is 2.10. The van der Waals surface area contributed by atoms with Crippen molar-refractivity contribution in [3.05, 3.63) is 27.2 Å². The first kappa shape index (κ1) is 12.3. The molecule has 0 bridgehead atoms. The first-order valence-electron chi connectivity index (χ1n) is 5.58. The topological polar surface area (TPSA) is 12.0 Å². The number of nitrogens with one attached hydrogen (secondary N) is 1. The number of benzene rings is 1. The predicted molar refractivity (Wildman–Crippen MR) is 72.0 cm³/mol. The molecule has 0 saturated heterocycles. The van der Waals surface area contributed by atoms with Gasteiger partial charge in [0.25, 0.3) is 0 Å². The Morgan fingerprint density at radius 1 is 0.875 bits per heavy atom. The van der Waals surface area contributed by atoms with Crippen LogP contribution in [0.1, 0.15) is 32.1 Å². The zero-order chi connectivity index (χ0) is 11.5. The molecule has 0 atom stereocenters. The van der Waals surface area contributed by atoms with Crippen LogP contribution < -0.4 is 5.32 Å². The molecular formula is C12H14Cl3N. The summed E-state index contributed by atoms with van der Waals surface area (Å²) in [7, 11) is 0. The minimum absolute atomic E-state index is 0.501. The van der Waals surface area contributed by atoms with Gasteiger partial charge >= 0.3 is 0 Å². The van der Waals surface area contributed by atoms with Gasteiger partial charge in [0.05, 0.1) is 20.8 Å². The van der Waals surface area contributed by atoms with E-state index in [0.29, 0.717) is 21.1 Å². The fraction of sp³-hybridized carbons (Fsp3) is 0.500. The Kier molecular flexibility index (Phi) is 4.23. The Labute approximate surface area is 111 Å². The van der Waals surface area contributed by atoms with E-state index in [9.17, 15) is 0 Å². The molecule has 1 aromatic rings. The molecule has 1 N–H and O–H groups in total. The van der Waals surface area contributed by atoms with E-state index in [0.717, 1.165) is 5.69 Å². The lowest BCUT2D eigenvalue weighted by Crippen LogP contribution is -2.22. The van der Waals surface area contributed by atoms with Gasteiger partial charge in [0, 0.05) is 6.04 Å². The molecule has 0 spiro atoms. The first-order chi connectivity index (χ1) is 7.66. The van der Waals surface area contributed by atoms with Gasteiger partial charge in [-0.3, -0.25) is 0 Å². The molecule has 2 rings (SSSR count). The lowest BCUT2D eigenvalue weighted by Gasteiger charge is -2.24. The molecule has 1 nitrogen and oxygen atoms in total. The zero-order valence-electron chi connectivity index (χ0n) is 8.90. The monoisotopic (exact) mass is 277 g/mol. The first-order valence-corrected chi connectivity index (χ1v) is 6.71. The van der Waals surface area contributed by atoms with E-state index in [2.05, 4.69) is 5.32 Å². The van der Waals surface area contributed by atoms with Crippen molar-refractivity contribution in [3.63, 3.8) is 0 Å². The lowest BCUT2D eigenvalue weighted by molar-refractivity contribution is 0.463. The van der Waals surface area contributed by atoms with Crippen LogP contribution in [0.4, 0.5) is 5.69 Å². The van der Waals surface area contributed by atoms with E-state index in [-0.39, 0.29) is 0 Å². The summed E-state index contributed by atoms with van der Waals surface area (Å²) < 4.78 is 0. The average molecular weight is 279 g/mol. The summed E-state index contributed by atoms with van der Waals surface area (Å²) in [5, 5.41) is 5.13. The molecule has 1 aliphatic carbocycles. The molecule has 4 heteroatoms. The maximum Gasteiger partial charge on any atom is 0.0653 e. The lowest BCUT2D eigenvalue weighted by atomic mass is 9.95. The van der Waals surface area contributed by atoms with Crippen molar-refractivity contribution in [2.24, 2.45) is 0 Å². The Hall–Kier alpha value is -0.110. The van der Waals surface area contributed by atoms with E-state index in [1.807, 2.05) is 0 Å². The standard InChI is InChI=1S/C12H14Cl3N/c13-9-6-11(15)12(7-10(9)14)16-8-4-2-1-3-5-8/h6-8,16H,1-5H2. The Morgan fingerprint density at radius 3 is 2.19 bits per heavy atom. The highest BCUT2D eigenvalue weighted by molar-refractivity contribution is 6.44. The van der Waals surface area contributed by atoms with Gasteiger partial charge in [0.15, 0.2) is 0 Å². The van der Waals surface area contributed by atoms with Crippen molar-refractivity contribution in [2.75, 3.05) is 5.32 Å². The van der Waals surface area contributed by atoms with Crippen LogP contribution >= 0.6 is 34.8 Å². The van der Waals surface area contributed by atoms with Crippen LogP contribution in [0.5, 0.6) is 0 Å². The third kappa shape index (κ3) is 2.97. The van der Waals surface area contributed by atoms with Crippen LogP contribution in [-0.4, -0.2) is 6.04 Å². The van der Waals surface area contributed by atoms with E-state index < -0.39 is 0 Å². The second-order valence-electron chi connectivity index (χ2n) is 4.23. The number of hydrogen-bond donors (Lipinski definition) is 1. The van der Waals surface area contributed by atoms with Crippen LogP contribution in [0.2, 0.25) is 15.1 Å². The van der Waals surface area contributed by atoms with Crippen molar-refractivity contribution >= 4 is 40.5 Å². The summed E-state index contributed by atoms with van der Waals surface area (Å²) in [6.07, 6.45) is 6.33. The SMILES string of the molecule is Clc1cc(Cl)c(NC2CCCCC2)cc1Cl. The number of halogens is 3. The van der Waals surface area contributed by atoms with Crippen molar-refractivity contribution in [2.45, 2.75) is 38.1 Å². The van der Waals surface area contributed by atoms with Gasteiger partial charge in [-0.05, 0) is 25.0 Å². The van der Waals surface area contributed by atoms with E-state index in [1.54, 1.807) is 12.1 Å². The van der Waals surface area contributed by atoms with E-state index in [4.69, 9.17) is 34.8 Å². The molecule has 1 aromatic carbocycles. The highest BCUT2D eigenvalue weighted by Crippen LogP contribution is 2.33. The van der Waals surface area contributed by atoms with Crippen molar-refractivity contribution in [1.82, 2.24) is 0 Å². The molecule has 1 aliphatic rings. The molecule has 0 amide bonds. The molecule has 0 radical (unpaired) electrons. The predicted octanol–water partition coefficient (Wildman–Crippen LogP) is 5.39. The van der Waals surface area contributed by atoms with Gasteiger partial charge in [0.2, 0.25) is 0 Å². The van der Waals surface area contributed by atoms with Gasteiger partial charge < -0.3 is 5.32 Å². The quantitative estimate of drug-likeness (QED) is 0.715. The van der Waals surface area contributed by atoms with Crippen molar-refractivity contribution in [3.8, 4) is 0 Å².